The van der Waals surface area contributed by atoms with Crippen LogP contribution in [0.4, 0.5) is 5.69 Å². The maximum atomic E-state index is 11.7. The van der Waals surface area contributed by atoms with Gasteiger partial charge in [0.1, 0.15) is 0 Å². The van der Waals surface area contributed by atoms with Gasteiger partial charge in [-0.1, -0.05) is 12.1 Å². The van der Waals surface area contributed by atoms with E-state index >= 15 is 0 Å². The third kappa shape index (κ3) is 4.28. The third-order valence-corrected chi connectivity index (χ3v) is 2.55. The Kier molecular flexibility index (Phi) is 5.36. The average Bonchev–Trinajstić information content (AvgIpc) is 2.36. The molecule has 5 nitrogen and oxygen atoms in total. The monoisotopic (exact) mass is 264 g/mol. The zero-order valence-corrected chi connectivity index (χ0v) is 11.8. The summed E-state index contributed by atoms with van der Waals surface area (Å²) < 4.78 is 4.73. The van der Waals surface area contributed by atoms with Gasteiger partial charge in [0.25, 0.3) is 0 Å². The van der Waals surface area contributed by atoms with Crippen LogP contribution in [0.15, 0.2) is 24.3 Å². The standard InChI is InChI=1S/C14H20N2O3/c1-10(2)15-13(17)9-16(3)12-8-6-5-7-11(12)14(18)19-4/h5-8,10H,9H2,1-4H3,(H,15,17). The molecule has 5 heteroatoms. The molecule has 19 heavy (non-hydrogen) atoms. The van der Waals surface area contributed by atoms with Gasteiger partial charge in [-0.2, -0.15) is 0 Å². The maximum absolute atomic E-state index is 11.7. The summed E-state index contributed by atoms with van der Waals surface area (Å²) in [6, 6.07) is 7.14. The van der Waals surface area contributed by atoms with E-state index in [0.717, 1.165) is 0 Å². The van der Waals surface area contributed by atoms with E-state index < -0.39 is 5.97 Å². The summed E-state index contributed by atoms with van der Waals surface area (Å²) in [7, 11) is 3.10. The lowest BCUT2D eigenvalue weighted by atomic mass is 10.1. The van der Waals surface area contributed by atoms with Crippen molar-refractivity contribution >= 4 is 17.6 Å². The van der Waals surface area contributed by atoms with Crippen molar-refractivity contribution in [2.45, 2.75) is 19.9 Å². The number of likely N-dealkylation sites (N-methyl/N-ethyl adjacent to an activating group) is 1. The molecule has 0 radical (unpaired) electrons. The number of amides is 1. The van der Waals surface area contributed by atoms with Crippen molar-refractivity contribution in [2.75, 3.05) is 25.6 Å². The van der Waals surface area contributed by atoms with Crippen LogP contribution in [0.25, 0.3) is 0 Å². The average molecular weight is 264 g/mol. The van der Waals surface area contributed by atoms with Gasteiger partial charge in [-0.25, -0.2) is 4.79 Å². The summed E-state index contributed by atoms with van der Waals surface area (Å²) in [5.74, 6) is -0.496. The quantitative estimate of drug-likeness (QED) is 0.817. The number of methoxy groups -OCH3 is 1. The van der Waals surface area contributed by atoms with Gasteiger partial charge in [-0.05, 0) is 26.0 Å². The summed E-state index contributed by atoms with van der Waals surface area (Å²) in [5, 5.41) is 2.81. The second-order valence-corrected chi connectivity index (χ2v) is 4.59. The number of para-hydroxylation sites is 1. The second kappa shape index (κ2) is 6.78. The molecule has 1 aromatic rings. The smallest absolute Gasteiger partial charge is 0.339 e. The van der Waals surface area contributed by atoms with E-state index in [1.807, 2.05) is 19.9 Å². The molecule has 0 aliphatic rings. The van der Waals surface area contributed by atoms with Crippen LogP contribution < -0.4 is 10.2 Å². The van der Waals surface area contributed by atoms with E-state index in [1.54, 1.807) is 30.1 Å². The summed E-state index contributed by atoms with van der Waals surface area (Å²) >= 11 is 0. The number of carbonyl (C=O) groups excluding carboxylic acids is 2. The van der Waals surface area contributed by atoms with Gasteiger partial charge in [0.15, 0.2) is 0 Å². The second-order valence-electron chi connectivity index (χ2n) is 4.59. The Morgan fingerprint density at radius 1 is 1.32 bits per heavy atom. The molecule has 104 valence electrons. The van der Waals surface area contributed by atoms with Crippen LogP contribution in [0.5, 0.6) is 0 Å². The lowest BCUT2D eigenvalue weighted by Crippen LogP contribution is -2.39. The highest BCUT2D eigenvalue weighted by Crippen LogP contribution is 2.19. The van der Waals surface area contributed by atoms with Crippen molar-refractivity contribution in [1.29, 1.82) is 0 Å². The lowest BCUT2D eigenvalue weighted by Gasteiger charge is -2.21. The minimum Gasteiger partial charge on any atom is -0.465 e. The van der Waals surface area contributed by atoms with E-state index in [0.29, 0.717) is 11.3 Å². The van der Waals surface area contributed by atoms with Gasteiger partial charge >= 0.3 is 5.97 Å². The molecule has 0 bridgehead atoms. The van der Waals surface area contributed by atoms with Crippen molar-refractivity contribution in [3.8, 4) is 0 Å². The Balaban J connectivity index is 2.85. The van der Waals surface area contributed by atoms with Gasteiger partial charge in [0.2, 0.25) is 5.91 Å². The number of ether oxygens (including phenoxy) is 1. The van der Waals surface area contributed by atoms with Crippen LogP contribution in [0.1, 0.15) is 24.2 Å². The highest BCUT2D eigenvalue weighted by atomic mass is 16.5. The van der Waals surface area contributed by atoms with E-state index in [-0.39, 0.29) is 18.5 Å². The topological polar surface area (TPSA) is 58.6 Å². The predicted octanol–water partition coefficient (Wildman–Crippen LogP) is 1.43. The Morgan fingerprint density at radius 3 is 2.53 bits per heavy atom. The summed E-state index contributed by atoms with van der Waals surface area (Å²) in [6.45, 7) is 3.99. The molecule has 0 atom stereocenters. The van der Waals surface area contributed by atoms with Crippen LogP contribution >= 0.6 is 0 Å². The van der Waals surface area contributed by atoms with Gasteiger partial charge in [0.05, 0.1) is 24.9 Å². The first-order valence-electron chi connectivity index (χ1n) is 6.13. The highest BCUT2D eigenvalue weighted by molar-refractivity contribution is 5.96. The Hall–Kier alpha value is -2.04. The molecule has 0 saturated carbocycles. The number of esters is 1. The molecule has 1 amide bonds. The molecule has 0 unspecified atom stereocenters. The van der Waals surface area contributed by atoms with Crippen molar-refractivity contribution in [2.24, 2.45) is 0 Å². The van der Waals surface area contributed by atoms with E-state index in [2.05, 4.69) is 5.32 Å². The van der Waals surface area contributed by atoms with Crippen molar-refractivity contribution in [3.63, 3.8) is 0 Å². The van der Waals surface area contributed by atoms with Gasteiger partial charge in [-0.15, -0.1) is 0 Å². The molecule has 0 heterocycles. The number of nitrogens with one attached hydrogen (secondary N) is 1. The Morgan fingerprint density at radius 2 is 1.95 bits per heavy atom. The molecule has 1 aromatic carbocycles. The van der Waals surface area contributed by atoms with E-state index in [1.165, 1.54) is 7.11 Å². The fourth-order valence-electron chi connectivity index (χ4n) is 1.76. The molecule has 0 fully saturated rings. The van der Waals surface area contributed by atoms with Gasteiger partial charge < -0.3 is 15.0 Å². The van der Waals surface area contributed by atoms with Crippen LogP contribution in [-0.4, -0.2) is 38.6 Å². The third-order valence-electron chi connectivity index (χ3n) is 2.55. The Labute approximate surface area is 113 Å². The number of rotatable bonds is 5. The number of nitrogens with zero attached hydrogens (tertiary/aromatic N) is 1. The van der Waals surface area contributed by atoms with Crippen LogP contribution in [0.2, 0.25) is 0 Å². The zero-order chi connectivity index (χ0) is 14.4. The fourth-order valence-corrected chi connectivity index (χ4v) is 1.76. The molecule has 1 N–H and O–H groups in total. The first kappa shape index (κ1) is 15.0. The molecule has 0 spiro atoms. The number of carbonyl (C=O) groups is 2. The normalized spacial score (nSPS) is 10.2. The Bertz CT molecular complexity index is 458. The summed E-state index contributed by atoms with van der Waals surface area (Å²) in [6.07, 6.45) is 0. The summed E-state index contributed by atoms with van der Waals surface area (Å²) in [5.41, 5.74) is 1.12. The predicted molar refractivity (Wildman–Crippen MR) is 74.3 cm³/mol. The molecular formula is C14H20N2O3. The van der Waals surface area contributed by atoms with Crippen LogP contribution in [0, 0.1) is 0 Å². The number of benzene rings is 1. The number of hydrogen-bond acceptors (Lipinski definition) is 4. The molecule has 0 aliphatic heterocycles. The SMILES string of the molecule is COC(=O)c1ccccc1N(C)CC(=O)NC(C)C. The number of hydrogen-bond donors (Lipinski definition) is 1. The molecule has 0 aromatic heterocycles. The van der Waals surface area contributed by atoms with Crippen molar-refractivity contribution in [1.82, 2.24) is 5.32 Å². The summed E-state index contributed by atoms with van der Waals surface area (Å²) in [4.78, 5) is 25.1. The fraction of sp³-hybridized carbons (Fsp3) is 0.429. The lowest BCUT2D eigenvalue weighted by molar-refractivity contribution is -0.120. The maximum Gasteiger partial charge on any atom is 0.339 e. The zero-order valence-electron chi connectivity index (χ0n) is 11.8. The molecular weight excluding hydrogens is 244 g/mol. The molecule has 1 rings (SSSR count). The highest BCUT2D eigenvalue weighted by Gasteiger charge is 2.16. The first-order valence-corrected chi connectivity index (χ1v) is 6.13. The van der Waals surface area contributed by atoms with E-state index in [9.17, 15) is 9.59 Å². The van der Waals surface area contributed by atoms with Crippen molar-refractivity contribution in [3.05, 3.63) is 29.8 Å². The van der Waals surface area contributed by atoms with Crippen molar-refractivity contribution < 1.29 is 14.3 Å². The van der Waals surface area contributed by atoms with Gasteiger partial charge in [0, 0.05) is 13.1 Å². The minimum atomic E-state index is -0.410. The van der Waals surface area contributed by atoms with E-state index in [4.69, 9.17) is 4.74 Å². The molecule has 0 aliphatic carbocycles. The molecule has 0 saturated heterocycles. The van der Waals surface area contributed by atoms with Crippen LogP contribution in [0.3, 0.4) is 0 Å². The number of anilines is 1. The first-order chi connectivity index (χ1) is 8.95. The van der Waals surface area contributed by atoms with Gasteiger partial charge in [-0.3, -0.25) is 4.79 Å². The van der Waals surface area contributed by atoms with Crippen LogP contribution in [-0.2, 0) is 9.53 Å². The largest absolute Gasteiger partial charge is 0.465 e. The minimum absolute atomic E-state index is 0.0860.